The molecule has 4 rings (SSSR count). The van der Waals surface area contributed by atoms with E-state index < -0.39 is 17.8 Å². The highest BCUT2D eigenvalue weighted by Crippen LogP contribution is 2.22. The molecule has 2 heterocycles. The van der Waals surface area contributed by atoms with E-state index in [2.05, 4.69) is 31.0 Å². The van der Waals surface area contributed by atoms with E-state index in [9.17, 15) is 29.4 Å². The number of amides is 1. The first-order valence-electron chi connectivity index (χ1n) is 12.9. The summed E-state index contributed by atoms with van der Waals surface area (Å²) in [5.74, 6) is 18.1. The Labute approximate surface area is 254 Å². The van der Waals surface area contributed by atoms with Crippen LogP contribution in [0.3, 0.4) is 0 Å². The molecule has 2 aromatic carbocycles. The minimum Gasteiger partial charge on any atom is -0.478 e. The van der Waals surface area contributed by atoms with E-state index in [1.807, 2.05) is 6.07 Å². The number of carboxylic acid groups (broad SMARTS) is 2. The van der Waals surface area contributed by atoms with Crippen molar-refractivity contribution in [2.24, 2.45) is 21.9 Å². The summed E-state index contributed by atoms with van der Waals surface area (Å²) in [6.45, 7) is 0. The van der Waals surface area contributed by atoms with Crippen LogP contribution in [0.25, 0.3) is 0 Å². The van der Waals surface area contributed by atoms with Crippen LogP contribution in [-0.2, 0) is 12.8 Å². The van der Waals surface area contributed by atoms with Crippen molar-refractivity contribution in [3.63, 3.8) is 0 Å². The molecule has 4 aromatic rings. The molecule has 18 nitrogen and oxygen atoms in total. The minimum absolute atomic E-state index is 0.0606. The highest BCUT2D eigenvalue weighted by molar-refractivity contribution is 6.06. The van der Waals surface area contributed by atoms with Crippen LogP contribution in [0, 0.1) is 0 Å². The second-order valence-electron chi connectivity index (χ2n) is 9.03. The number of aldehydes is 1. The van der Waals surface area contributed by atoms with Gasteiger partial charge in [-0.05, 0) is 72.5 Å². The maximum Gasteiger partial charge on any atom is 0.337 e. The van der Waals surface area contributed by atoms with Crippen molar-refractivity contribution in [2.45, 2.75) is 12.8 Å². The molecule has 234 valence electrons. The fraction of sp³-hybridized carbons (Fsp3) is 0.111. The van der Waals surface area contributed by atoms with Crippen LogP contribution in [0.2, 0.25) is 0 Å². The average Bonchev–Trinajstić information content (AvgIpc) is 3.04. The smallest absolute Gasteiger partial charge is 0.337 e. The van der Waals surface area contributed by atoms with E-state index >= 15 is 0 Å². The highest BCUT2D eigenvalue weighted by atomic mass is 16.4. The summed E-state index contributed by atoms with van der Waals surface area (Å²) < 4.78 is 0. The van der Waals surface area contributed by atoms with Crippen LogP contribution < -0.4 is 45.0 Å². The number of nitrogens with two attached hydrogens (primary N) is 4. The molecule has 0 spiro atoms. The van der Waals surface area contributed by atoms with Crippen molar-refractivity contribution >= 4 is 35.5 Å². The van der Waals surface area contributed by atoms with Gasteiger partial charge < -0.3 is 44.2 Å². The third-order valence-corrected chi connectivity index (χ3v) is 6.17. The van der Waals surface area contributed by atoms with E-state index in [1.165, 1.54) is 36.4 Å². The first-order valence-corrected chi connectivity index (χ1v) is 12.9. The van der Waals surface area contributed by atoms with Gasteiger partial charge in [0.15, 0.2) is 23.0 Å². The number of carbonyl (C=O) groups is 4. The maximum absolute atomic E-state index is 12.5. The zero-order valence-electron chi connectivity index (χ0n) is 23.8. The molecule has 0 unspecified atom stereocenters. The predicted octanol–water partition coefficient (Wildman–Crippen LogP) is -0.969. The third-order valence-electron chi connectivity index (χ3n) is 6.17. The Morgan fingerprint density at radius 3 is 1.78 bits per heavy atom. The normalized spacial score (nSPS) is 11.2. The Hall–Kier alpha value is -6.72. The molecular formula is C27H30N12O6. The lowest BCUT2D eigenvalue weighted by atomic mass is 9.99. The third kappa shape index (κ3) is 8.41. The van der Waals surface area contributed by atoms with Crippen LogP contribution >= 0.6 is 0 Å². The predicted molar refractivity (Wildman–Crippen MR) is 161 cm³/mol. The molecule has 0 saturated carbocycles. The summed E-state index contributed by atoms with van der Waals surface area (Å²) in [6.07, 6.45) is 1.54. The van der Waals surface area contributed by atoms with Gasteiger partial charge in [-0.1, -0.05) is 12.1 Å². The number of carboxylic acids is 2. The molecule has 18 heteroatoms. The number of hydrogen-bond acceptors (Lipinski definition) is 13. The molecule has 0 saturated heterocycles. The van der Waals surface area contributed by atoms with Crippen molar-refractivity contribution < 1.29 is 29.4 Å². The van der Waals surface area contributed by atoms with Gasteiger partial charge >= 0.3 is 11.9 Å². The molecule has 12 N–H and O–H groups in total. The summed E-state index contributed by atoms with van der Waals surface area (Å²) in [7, 11) is 1.64. The summed E-state index contributed by atoms with van der Waals surface area (Å²) in [4.78, 5) is 47.7. The van der Waals surface area contributed by atoms with Crippen molar-refractivity contribution in [1.82, 2.24) is 19.8 Å². The minimum atomic E-state index is -1.22. The second kappa shape index (κ2) is 15.0. The fourth-order valence-electron chi connectivity index (χ4n) is 3.91. The molecule has 0 bridgehead atoms. The number of carbonyl (C=O) groups excluding carboxylic acids is 2. The summed E-state index contributed by atoms with van der Waals surface area (Å²) >= 11 is 0. The number of nitrogen functional groups attached to an aromatic ring is 2. The zero-order chi connectivity index (χ0) is 33.1. The summed E-state index contributed by atoms with van der Waals surface area (Å²) in [5, 5.41) is 38.5. The summed E-state index contributed by atoms with van der Waals surface area (Å²) in [6, 6.07) is 15.4. The topological polar surface area (TPSA) is 297 Å². The number of aromatic carboxylic acids is 2. The lowest BCUT2D eigenvalue weighted by molar-refractivity contribution is 0.0686. The molecule has 1 amide bonds. The number of nitrogens with zero attached hydrogens (tertiary/aromatic N) is 6. The van der Waals surface area contributed by atoms with Crippen LogP contribution in [0.15, 0.2) is 70.9 Å². The number of hydrogen-bond donors (Lipinski definition) is 8. The van der Waals surface area contributed by atoms with Crippen molar-refractivity contribution in [3.8, 4) is 0 Å². The fourth-order valence-corrected chi connectivity index (χ4v) is 3.91. The quantitative estimate of drug-likeness (QED) is 0.0637. The molecule has 2 aromatic heterocycles. The van der Waals surface area contributed by atoms with Crippen LogP contribution in [0.4, 0.5) is 11.4 Å². The van der Waals surface area contributed by atoms with Gasteiger partial charge in [0.25, 0.3) is 5.91 Å². The van der Waals surface area contributed by atoms with Crippen molar-refractivity contribution in [2.75, 3.05) is 29.4 Å². The summed E-state index contributed by atoms with van der Waals surface area (Å²) in [5.41, 5.74) is 2.77. The van der Waals surface area contributed by atoms with Gasteiger partial charge in [-0.25, -0.2) is 9.59 Å². The SMILES string of the molecule is CNc1ccc(CCc2ccc(NC(=O)c3cc/c(=N/N)n(N)n3)c(C(=O)O)c2)cc1C(=O)O.N/N=c1/ccc(C=O)nn1N. The molecule has 45 heavy (non-hydrogen) atoms. The van der Waals surface area contributed by atoms with Gasteiger partial charge in [0.1, 0.15) is 5.69 Å². The largest absolute Gasteiger partial charge is 0.478 e. The molecule has 0 aliphatic heterocycles. The number of aromatic nitrogens is 4. The van der Waals surface area contributed by atoms with Gasteiger partial charge in [0.05, 0.1) is 16.8 Å². The molecular weight excluding hydrogens is 588 g/mol. The van der Waals surface area contributed by atoms with Gasteiger partial charge in [-0.3, -0.25) is 9.59 Å². The Bertz CT molecular complexity index is 1880. The van der Waals surface area contributed by atoms with E-state index in [4.69, 9.17) is 23.4 Å². The molecule has 0 atom stereocenters. The van der Waals surface area contributed by atoms with E-state index in [0.29, 0.717) is 35.9 Å². The monoisotopic (exact) mass is 618 g/mol. The van der Waals surface area contributed by atoms with Gasteiger partial charge in [0.2, 0.25) is 0 Å². The second-order valence-corrected chi connectivity index (χ2v) is 9.03. The number of nitrogens with one attached hydrogen (secondary N) is 2. The lowest BCUT2D eigenvalue weighted by Crippen LogP contribution is -2.33. The van der Waals surface area contributed by atoms with Crippen LogP contribution in [-0.4, -0.2) is 61.2 Å². The lowest BCUT2D eigenvalue weighted by Gasteiger charge is -2.12. The van der Waals surface area contributed by atoms with Gasteiger partial charge in [0, 0.05) is 12.7 Å². The van der Waals surface area contributed by atoms with Gasteiger partial charge in [-0.15, -0.1) is 10.2 Å². The Kier molecular flexibility index (Phi) is 10.9. The zero-order valence-corrected chi connectivity index (χ0v) is 23.8. The first kappa shape index (κ1) is 32.8. The molecule has 0 aliphatic rings. The van der Waals surface area contributed by atoms with Crippen LogP contribution in [0.1, 0.15) is 52.8 Å². The van der Waals surface area contributed by atoms with Crippen molar-refractivity contribution in [3.05, 3.63) is 105 Å². The van der Waals surface area contributed by atoms with E-state index in [0.717, 1.165) is 15.1 Å². The number of anilines is 2. The average molecular weight is 619 g/mol. The first-order chi connectivity index (χ1) is 21.5. The number of rotatable bonds is 9. The molecule has 0 radical (unpaired) electrons. The van der Waals surface area contributed by atoms with Crippen LogP contribution in [0.5, 0.6) is 0 Å². The number of aryl methyl sites for hydroxylation is 2. The molecule has 0 aliphatic carbocycles. The van der Waals surface area contributed by atoms with E-state index in [1.54, 1.807) is 25.2 Å². The highest BCUT2D eigenvalue weighted by Gasteiger charge is 2.16. The standard InChI is InChI=1S/C22H23N7O5.C5H7N5O/c1-25-16-6-4-12(10-14(16)21(31)32)2-3-13-5-7-17(15(11-13)22(33)34)26-20(30)18-8-9-19(27-23)29(24)28-18;6-8-5-2-1-4(3-11)9-10(5)7/h4-11,25H,2-3,23-24H2,1H3,(H,26,30)(H,31,32)(H,33,34);1-3H,6-7H2/b27-19-;8-5-. The maximum atomic E-state index is 12.5. The Balaban J connectivity index is 0.000000423. The van der Waals surface area contributed by atoms with E-state index in [-0.39, 0.29) is 33.7 Å². The number of benzene rings is 2. The Morgan fingerprint density at radius 2 is 1.31 bits per heavy atom. The Morgan fingerprint density at radius 1 is 0.800 bits per heavy atom. The van der Waals surface area contributed by atoms with Gasteiger partial charge in [-0.2, -0.15) is 19.8 Å². The van der Waals surface area contributed by atoms with Crippen molar-refractivity contribution in [1.29, 1.82) is 0 Å². The molecule has 0 fully saturated rings.